The highest BCUT2D eigenvalue weighted by Gasteiger charge is 2.08. The van der Waals surface area contributed by atoms with Crippen LogP contribution in [0.3, 0.4) is 0 Å². The predicted octanol–water partition coefficient (Wildman–Crippen LogP) is 1.51. The molecule has 1 atom stereocenters. The number of anilines is 2. The van der Waals surface area contributed by atoms with Gasteiger partial charge in [0.25, 0.3) is 0 Å². The van der Waals surface area contributed by atoms with Crippen LogP contribution >= 0.6 is 0 Å². The van der Waals surface area contributed by atoms with Gasteiger partial charge in [-0.05, 0) is 38.1 Å². The SMILES string of the molecule is CCOC(=O)c1ccc(OCC(C)Nc2ncnc(N)n2)cc1. The Hall–Kier alpha value is -2.90. The Bertz CT molecular complexity index is 648. The molecule has 1 aromatic carbocycles. The molecular formula is C15H19N5O3. The summed E-state index contributed by atoms with van der Waals surface area (Å²) in [5.41, 5.74) is 5.98. The first-order valence-corrected chi connectivity index (χ1v) is 7.19. The van der Waals surface area contributed by atoms with Crippen molar-refractivity contribution in [2.24, 2.45) is 0 Å². The number of aromatic nitrogens is 3. The second kappa shape index (κ2) is 7.92. The molecule has 8 heteroatoms. The van der Waals surface area contributed by atoms with E-state index in [1.807, 2.05) is 6.92 Å². The fraction of sp³-hybridized carbons (Fsp3) is 0.333. The van der Waals surface area contributed by atoms with Crippen molar-refractivity contribution in [1.82, 2.24) is 15.0 Å². The van der Waals surface area contributed by atoms with Crippen LogP contribution in [0.4, 0.5) is 11.9 Å². The molecule has 0 bridgehead atoms. The van der Waals surface area contributed by atoms with Crippen molar-refractivity contribution in [3.8, 4) is 5.75 Å². The number of ether oxygens (including phenoxy) is 2. The summed E-state index contributed by atoms with van der Waals surface area (Å²) in [5.74, 6) is 0.861. The van der Waals surface area contributed by atoms with Gasteiger partial charge < -0.3 is 20.5 Å². The van der Waals surface area contributed by atoms with Crippen LogP contribution in [0.15, 0.2) is 30.6 Å². The zero-order chi connectivity index (χ0) is 16.7. The van der Waals surface area contributed by atoms with Crippen LogP contribution in [-0.2, 0) is 4.74 Å². The number of hydrogen-bond acceptors (Lipinski definition) is 8. The fourth-order valence-electron chi connectivity index (χ4n) is 1.76. The lowest BCUT2D eigenvalue weighted by molar-refractivity contribution is 0.0526. The van der Waals surface area contributed by atoms with E-state index < -0.39 is 0 Å². The monoisotopic (exact) mass is 317 g/mol. The maximum absolute atomic E-state index is 11.6. The van der Waals surface area contributed by atoms with Crippen molar-refractivity contribution in [1.29, 1.82) is 0 Å². The number of nitrogens with two attached hydrogens (primary N) is 1. The topological polar surface area (TPSA) is 112 Å². The average molecular weight is 317 g/mol. The van der Waals surface area contributed by atoms with Gasteiger partial charge in [0.2, 0.25) is 11.9 Å². The summed E-state index contributed by atoms with van der Waals surface area (Å²) >= 11 is 0. The normalized spacial score (nSPS) is 11.6. The summed E-state index contributed by atoms with van der Waals surface area (Å²) in [6.45, 7) is 4.43. The van der Waals surface area contributed by atoms with Gasteiger partial charge in [-0.3, -0.25) is 0 Å². The molecule has 1 heterocycles. The van der Waals surface area contributed by atoms with Crippen LogP contribution < -0.4 is 15.8 Å². The molecule has 0 radical (unpaired) electrons. The van der Waals surface area contributed by atoms with Crippen LogP contribution in [-0.4, -0.2) is 40.2 Å². The van der Waals surface area contributed by atoms with Gasteiger partial charge in [0.05, 0.1) is 18.2 Å². The minimum atomic E-state index is -0.346. The van der Waals surface area contributed by atoms with E-state index in [4.69, 9.17) is 15.2 Å². The average Bonchev–Trinajstić information content (AvgIpc) is 2.54. The third-order valence-corrected chi connectivity index (χ3v) is 2.83. The van der Waals surface area contributed by atoms with Crippen molar-refractivity contribution >= 4 is 17.9 Å². The van der Waals surface area contributed by atoms with E-state index in [9.17, 15) is 4.79 Å². The molecule has 1 aromatic heterocycles. The van der Waals surface area contributed by atoms with Gasteiger partial charge in [-0.15, -0.1) is 0 Å². The number of carbonyl (C=O) groups excluding carboxylic acids is 1. The van der Waals surface area contributed by atoms with Gasteiger partial charge in [0.1, 0.15) is 18.7 Å². The molecule has 0 amide bonds. The highest BCUT2D eigenvalue weighted by molar-refractivity contribution is 5.89. The Morgan fingerprint density at radius 2 is 2.04 bits per heavy atom. The Labute approximate surface area is 134 Å². The number of nitrogens with zero attached hydrogens (tertiary/aromatic N) is 3. The van der Waals surface area contributed by atoms with Crippen LogP contribution in [0.1, 0.15) is 24.2 Å². The van der Waals surface area contributed by atoms with Crippen molar-refractivity contribution in [3.63, 3.8) is 0 Å². The second-order valence-electron chi connectivity index (χ2n) is 4.77. The smallest absolute Gasteiger partial charge is 0.338 e. The summed E-state index contributed by atoms with van der Waals surface area (Å²) < 4.78 is 10.6. The number of benzene rings is 1. The van der Waals surface area contributed by atoms with Gasteiger partial charge in [0.15, 0.2) is 0 Å². The lowest BCUT2D eigenvalue weighted by Crippen LogP contribution is -2.25. The van der Waals surface area contributed by atoms with Crippen molar-refractivity contribution in [2.75, 3.05) is 24.3 Å². The van der Waals surface area contributed by atoms with Gasteiger partial charge in [0, 0.05) is 0 Å². The zero-order valence-corrected chi connectivity index (χ0v) is 13.0. The van der Waals surface area contributed by atoms with E-state index in [2.05, 4.69) is 20.3 Å². The third kappa shape index (κ3) is 5.10. The maximum Gasteiger partial charge on any atom is 0.338 e. The van der Waals surface area contributed by atoms with E-state index in [1.165, 1.54) is 6.33 Å². The van der Waals surface area contributed by atoms with E-state index in [1.54, 1.807) is 31.2 Å². The molecule has 0 spiro atoms. The Morgan fingerprint density at radius 3 is 2.70 bits per heavy atom. The molecule has 0 fully saturated rings. The molecule has 0 aliphatic carbocycles. The Kier molecular flexibility index (Phi) is 5.67. The maximum atomic E-state index is 11.6. The molecule has 0 saturated carbocycles. The number of esters is 1. The van der Waals surface area contributed by atoms with E-state index in [-0.39, 0.29) is 18.0 Å². The first-order valence-electron chi connectivity index (χ1n) is 7.19. The Morgan fingerprint density at radius 1 is 1.30 bits per heavy atom. The quantitative estimate of drug-likeness (QED) is 0.739. The summed E-state index contributed by atoms with van der Waals surface area (Å²) in [5, 5.41) is 3.06. The molecule has 1 unspecified atom stereocenters. The van der Waals surface area contributed by atoms with Crippen LogP contribution in [0, 0.1) is 0 Å². The van der Waals surface area contributed by atoms with Crippen molar-refractivity contribution in [3.05, 3.63) is 36.2 Å². The zero-order valence-electron chi connectivity index (χ0n) is 13.0. The number of carbonyl (C=O) groups is 1. The number of hydrogen-bond donors (Lipinski definition) is 2. The fourth-order valence-corrected chi connectivity index (χ4v) is 1.76. The summed E-state index contributed by atoms with van der Waals surface area (Å²) in [4.78, 5) is 23.2. The highest BCUT2D eigenvalue weighted by atomic mass is 16.5. The molecular weight excluding hydrogens is 298 g/mol. The van der Waals surface area contributed by atoms with E-state index in [0.717, 1.165) is 0 Å². The predicted molar refractivity (Wildman–Crippen MR) is 85.2 cm³/mol. The van der Waals surface area contributed by atoms with Crippen molar-refractivity contribution in [2.45, 2.75) is 19.9 Å². The second-order valence-corrected chi connectivity index (χ2v) is 4.77. The standard InChI is InChI=1S/C15H19N5O3/c1-3-22-13(21)11-4-6-12(7-5-11)23-8-10(2)19-15-18-9-17-14(16)20-15/h4-7,9-10H,3,8H2,1-2H3,(H3,16,17,18,19,20). The first-order chi connectivity index (χ1) is 11.1. The lowest BCUT2D eigenvalue weighted by Gasteiger charge is -2.15. The van der Waals surface area contributed by atoms with Crippen LogP contribution in [0.2, 0.25) is 0 Å². The molecule has 0 aliphatic heterocycles. The van der Waals surface area contributed by atoms with E-state index >= 15 is 0 Å². The van der Waals surface area contributed by atoms with Gasteiger partial charge >= 0.3 is 5.97 Å². The van der Waals surface area contributed by atoms with Crippen molar-refractivity contribution < 1.29 is 14.3 Å². The molecule has 0 aliphatic rings. The van der Waals surface area contributed by atoms with E-state index in [0.29, 0.717) is 30.5 Å². The minimum absolute atomic E-state index is 0.0402. The third-order valence-electron chi connectivity index (χ3n) is 2.83. The van der Waals surface area contributed by atoms with Gasteiger partial charge in [-0.25, -0.2) is 14.8 Å². The largest absolute Gasteiger partial charge is 0.491 e. The highest BCUT2D eigenvalue weighted by Crippen LogP contribution is 2.13. The number of nitrogen functional groups attached to an aromatic ring is 1. The summed E-state index contributed by atoms with van der Waals surface area (Å²) in [6.07, 6.45) is 1.34. The first kappa shape index (κ1) is 16.5. The summed E-state index contributed by atoms with van der Waals surface area (Å²) in [6, 6.07) is 6.73. The Balaban J connectivity index is 1.84. The molecule has 2 aromatic rings. The molecule has 0 saturated heterocycles. The molecule has 122 valence electrons. The lowest BCUT2D eigenvalue weighted by atomic mass is 10.2. The summed E-state index contributed by atoms with van der Waals surface area (Å²) in [7, 11) is 0. The van der Waals surface area contributed by atoms with Crippen LogP contribution in [0.5, 0.6) is 5.75 Å². The molecule has 23 heavy (non-hydrogen) atoms. The molecule has 3 N–H and O–H groups in total. The molecule has 2 rings (SSSR count). The van der Waals surface area contributed by atoms with Crippen LogP contribution in [0.25, 0.3) is 0 Å². The van der Waals surface area contributed by atoms with Gasteiger partial charge in [-0.2, -0.15) is 4.98 Å². The molecule has 8 nitrogen and oxygen atoms in total. The van der Waals surface area contributed by atoms with Gasteiger partial charge in [-0.1, -0.05) is 0 Å². The number of rotatable bonds is 7. The minimum Gasteiger partial charge on any atom is -0.491 e. The number of nitrogens with one attached hydrogen (secondary N) is 1.